The van der Waals surface area contributed by atoms with Gasteiger partial charge in [0, 0.05) is 44.5 Å². The summed E-state index contributed by atoms with van der Waals surface area (Å²) in [7, 11) is 1.71. The number of pyridine rings is 1. The molecule has 1 spiro atoms. The van der Waals surface area contributed by atoms with Gasteiger partial charge in [-0.1, -0.05) is 6.07 Å². The number of amides is 1. The Balaban J connectivity index is 1.45. The van der Waals surface area contributed by atoms with Gasteiger partial charge in [0.15, 0.2) is 0 Å². The number of likely N-dealkylation sites (tertiary alicyclic amines) is 1. The Morgan fingerprint density at radius 3 is 2.62 bits per heavy atom. The zero-order chi connectivity index (χ0) is 24.3. The first-order valence-electron chi connectivity index (χ1n) is 12.2. The molecule has 0 bridgehead atoms. The molecule has 0 aliphatic carbocycles. The molecule has 7 nitrogen and oxygen atoms in total. The van der Waals surface area contributed by atoms with Crippen LogP contribution in [0.5, 0.6) is 5.75 Å². The number of carbonyl (C=O) groups is 1. The molecule has 0 saturated carbocycles. The lowest BCUT2D eigenvalue weighted by Crippen LogP contribution is -2.61. The average Bonchev–Trinajstić information content (AvgIpc) is 2.80. The van der Waals surface area contributed by atoms with E-state index < -0.39 is 0 Å². The van der Waals surface area contributed by atoms with Crippen LogP contribution in [0.25, 0.3) is 0 Å². The summed E-state index contributed by atoms with van der Waals surface area (Å²) in [5.74, 6) is 1.87. The molecule has 7 heteroatoms. The number of aromatic nitrogens is 1. The largest absolute Gasteiger partial charge is 0.491 e. The van der Waals surface area contributed by atoms with Gasteiger partial charge >= 0.3 is 0 Å². The molecule has 1 aromatic heterocycles. The van der Waals surface area contributed by atoms with Crippen molar-refractivity contribution in [2.75, 3.05) is 44.8 Å². The minimum absolute atomic E-state index is 0.0283. The summed E-state index contributed by atoms with van der Waals surface area (Å²) in [5.41, 5.74) is 2.38. The molecule has 2 aliphatic heterocycles. The number of nitrogens with zero attached hydrogens (tertiary/aromatic N) is 3. The maximum absolute atomic E-state index is 13.3. The standard InChI is InChI=1S/C27H37N3O4/c1-19(2)33-24-10-9-22(15-20(24)3)26(31)29-13-11-27(12-14-29)18-30(16-23(34-27)17-32-5)25-8-6-7-21(4)28-25/h6-10,15,19,23H,11-14,16-18H2,1-5H3. The number of piperidine rings is 1. The van der Waals surface area contributed by atoms with E-state index in [-0.39, 0.29) is 23.7 Å². The van der Waals surface area contributed by atoms with E-state index in [4.69, 9.17) is 19.2 Å². The molecule has 1 aromatic carbocycles. The third-order valence-corrected chi connectivity index (χ3v) is 6.62. The molecule has 3 heterocycles. The van der Waals surface area contributed by atoms with E-state index in [2.05, 4.69) is 11.0 Å². The average molecular weight is 468 g/mol. The molecule has 34 heavy (non-hydrogen) atoms. The number of carbonyl (C=O) groups excluding carboxylic acids is 1. The molecule has 1 atom stereocenters. The number of methoxy groups -OCH3 is 1. The first kappa shape index (κ1) is 24.5. The molecule has 1 unspecified atom stereocenters. The fourth-order valence-electron chi connectivity index (χ4n) is 4.98. The summed E-state index contributed by atoms with van der Waals surface area (Å²) >= 11 is 0. The third-order valence-electron chi connectivity index (χ3n) is 6.62. The van der Waals surface area contributed by atoms with Gasteiger partial charge in [-0.15, -0.1) is 0 Å². The Morgan fingerprint density at radius 2 is 1.97 bits per heavy atom. The second-order valence-electron chi connectivity index (χ2n) is 9.83. The minimum atomic E-state index is -0.311. The van der Waals surface area contributed by atoms with E-state index in [0.29, 0.717) is 25.3 Å². The fraction of sp³-hybridized carbons (Fsp3) is 0.556. The van der Waals surface area contributed by atoms with Crippen molar-refractivity contribution in [2.24, 2.45) is 0 Å². The third kappa shape index (κ3) is 5.53. The molecule has 184 valence electrons. The molecular weight excluding hydrogens is 430 g/mol. The highest BCUT2D eigenvalue weighted by molar-refractivity contribution is 5.94. The van der Waals surface area contributed by atoms with Gasteiger partial charge in [-0.25, -0.2) is 4.98 Å². The van der Waals surface area contributed by atoms with Gasteiger partial charge in [-0.05, 0) is 76.4 Å². The topological polar surface area (TPSA) is 64.1 Å². The van der Waals surface area contributed by atoms with Gasteiger partial charge in [-0.2, -0.15) is 0 Å². The van der Waals surface area contributed by atoms with Gasteiger partial charge in [0.1, 0.15) is 11.6 Å². The number of morpholine rings is 1. The monoisotopic (exact) mass is 467 g/mol. The summed E-state index contributed by atoms with van der Waals surface area (Å²) < 4.78 is 17.9. The summed E-state index contributed by atoms with van der Waals surface area (Å²) in [6, 6.07) is 11.8. The summed E-state index contributed by atoms with van der Waals surface area (Å²) in [6.45, 7) is 11.4. The van der Waals surface area contributed by atoms with Crippen molar-refractivity contribution in [3.05, 3.63) is 53.2 Å². The highest BCUT2D eigenvalue weighted by Crippen LogP contribution is 2.35. The summed E-state index contributed by atoms with van der Waals surface area (Å²) in [5, 5.41) is 0. The molecule has 2 saturated heterocycles. The van der Waals surface area contributed by atoms with Gasteiger partial charge in [-0.3, -0.25) is 4.79 Å². The second kappa shape index (κ2) is 10.3. The zero-order valence-corrected chi connectivity index (χ0v) is 21.0. The predicted octanol–water partition coefficient (Wildman–Crippen LogP) is 4.01. The van der Waals surface area contributed by atoms with E-state index in [1.165, 1.54) is 0 Å². The summed E-state index contributed by atoms with van der Waals surface area (Å²) in [4.78, 5) is 22.3. The van der Waals surface area contributed by atoms with Gasteiger partial charge in [0.25, 0.3) is 5.91 Å². The number of anilines is 1. The first-order chi connectivity index (χ1) is 16.3. The molecule has 2 aromatic rings. The van der Waals surface area contributed by atoms with Crippen LogP contribution in [-0.2, 0) is 9.47 Å². The van der Waals surface area contributed by atoms with E-state index in [1.807, 2.05) is 62.9 Å². The number of hydrogen-bond acceptors (Lipinski definition) is 6. The fourth-order valence-corrected chi connectivity index (χ4v) is 4.98. The second-order valence-corrected chi connectivity index (χ2v) is 9.83. The number of hydrogen-bond donors (Lipinski definition) is 0. The Bertz CT molecular complexity index is 1000. The van der Waals surface area contributed by atoms with Gasteiger partial charge in [0.05, 0.1) is 24.4 Å². The predicted molar refractivity (Wildman–Crippen MR) is 133 cm³/mol. The van der Waals surface area contributed by atoms with Crippen LogP contribution < -0.4 is 9.64 Å². The van der Waals surface area contributed by atoms with Crippen LogP contribution in [0.4, 0.5) is 5.82 Å². The maximum atomic E-state index is 13.3. The number of ether oxygens (including phenoxy) is 3. The Kier molecular flexibility index (Phi) is 7.43. The van der Waals surface area contributed by atoms with Crippen LogP contribution in [-0.4, -0.2) is 73.5 Å². The Labute approximate surface area is 203 Å². The Morgan fingerprint density at radius 1 is 1.21 bits per heavy atom. The van der Waals surface area contributed by atoms with Crippen molar-refractivity contribution in [3.8, 4) is 5.75 Å². The lowest BCUT2D eigenvalue weighted by atomic mass is 9.88. The van der Waals surface area contributed by atoms with Crippen molar-refractivity contribution < 1.29 is 19.0 Å². The summed E-state index contributed by atoms with van der Waals surface area (Å²) in [6.07, 6.45) is 1.65. The quantitative estimate of drug-likeness (QED) is 0.640. The highest BCUT2D eigenvalue weighted by Gasteiger charge is 2.44. The number of rotatable bonds is 6. The smallest absolute Gasteiger partial charge is 0.253 e. The van der Waals surface area contributed by atoms with Crippen LogP contribution in [0, 0.1) is 13.8 Å². The Hall–Kier alpha value is -2.64. The molecule has 0 N–H and O–H groups in total. The highest BCUT2D eigenvalue weighted by atomic mass is 16.5. The maximum Gasteiger partial charge on any atom is 0.253 e. The van der Waals surface area contributed by atoms with Crippen LogP contribution in [0.3, 0.4) is 0 Å². The molecule has 4 rings (SSSR count). The van der Waals surface area contributed by atoms with Crippen LogP contribution in [0.15, 0.2) is 36.4 Å². The van der Waals surface area contributed by atoms with Crippen LogP contribution >= 0.6 is 0 Å². The van der Waals surface area contributed by atoms with Crippen molar-refractivity contribution in [3.63, 3.8) is 0 Å². The van der Waals surface area contributed by atoms with Gasteiger partial charge in [0.2, 0.25) is 0 Å². The van der Waals surface area contributed by atoms with E-state index in [1.54, 1.807) is 7.11 Å². The lowest BCUT2D eigenvalue weighted by molar-refractivity contribution is -0.145. The zero-order valence-electron chi connectivity index (χ0n) is 21.0. The molecular formula is C27H37N3O4. The van der Waals surface area contributed by atoms with Crippen LogP contribution in [0.2, 0.25) is 0 Å². The molecule has 2 aliphatic rings. The van der Waals surface area contributed by atoms with Crippen molar-refractivity contribution in [1.82, 2.24) is 9.88 Å². The number of benzene rings is 1. The van der Waals surface area contributed by atoms with E-state index in [0.717, 1.165) is 48.8 Å². The number of aryl methyl sites for hydroxylation is 2. The molecule has 1 amide bonds. The first-order valence-corrected chi connectivity index (χ1v) is 12.2. The molecule has 0 radical (unpaired) electrons. The molecule has 2 fully saturated rings. The van der Waals surface area contributed by atoms with Gasteiger partial charge < -0.3 is 24.0 Å². The lowest BCUT2D eigenvalue weighted by Gasteiger charge is -2.50. The van der Waals surface area contributed by atoms with Crippen molar-refractivity contribution >= 4 is 11.7 Å². The van der Waals surface area contributed by atoms with Crippen molar-refractivity contribution in [1.29, 1.82) is 0 Å². The SMILES string of the molecule is COCC1CN(c2cccc(C)n2)CC2(CCN(C(=O)c3ccc(OC(C)C)c(C)c3)CC2)O1. The van der Waals surface area contributed by atoms with E-state index >= 15 is 0 Å². The van der Waals surface area contributed by atoms with Crippen LogP contribution in [0.1, 0.15) is 48.3 Å². The minimum Gasteiger partial charge on any atom is -0.491 e. The van der Waals surface area contributed by atoms with E-state index in [9.17, 15) is 4.79 Å². The normalized spacial score (nSPS) is 20.1. The van der Waals surface area contributed by atoms with Crippen molar-refractivity contribution in [2.45, 2.75) is 58.3 Å².